The molecule has 1 saturated carbocycles. The Kier molecular flexibility index (Phi) is 19.8. The summed E-state index contributed by atoms with van der Waals surface area (Å²) in [6.07, 6.45) is 4.45. The van der Waals surface area contributed by atoms with Crippen molar-refractivity contribution < 1.29 is 53.1 Å². The molecule has 51 heavy (non-hydrogen) atoms. The molecule has 0 saturated heterocycles. The Morgan fingerprint density at radius 2 is 1.47 bits per heavy atom. The summed E-state index contributed by atoms with van der Waals surface area (Å²) in [5, 5.41) is 23.5. The van der Waals surface area contributed by atoms with Crippen molar-refractivity contribution in [1.82, 2.24) is 10.6 Å². The lowest BCUT2D eigenvalue weighted by atomic mass is 9.62. The molecule has 1 aliphatic carbocycles. The van der Waals surface area contributed by atoms with Crippen molar-refractivity contribution in [1.29, 1.82) is 0 Å². The van der Waals surface area contributed by atoms with Crippen LogP contribution in [0, 0.1) is 27.6 Å². The Labute approximate surface area is 306 Å². The molecule has 0 aromatic carbocycles. The van der Waals surface area contributed by atoms with E-state index in [-0.39, 0.29) is 60.5 Å². The number of amides is 2. The van der Waals surface area contributed by atoms with Crippen LogP contribution in [-0.2, 0) is 33.3 Å². The smallest absolute Gasteiger partial charge is 0.407 e. The zero-order valence-corrected chi connectivity index (χ0v) is 33.2. The van der Waals surface area contributed by atoms with E-state index in [0.29, 0.717) is 44.8 Å². The van der Waals surface area contributed by atoms with Crippen LogP contribution in [0.2, 0.25) is 0 Å². The van der Waals surface area contributed by atoms with E-state index in [4.69, 9.17) is 24.1 Å². The molecular weight excluding hydrogens is 660 g/mol. The number of hydrogen-bond acceptors (Lipinski definition) is 10. The molecule has 0 aliphatic heterocycles. The lowest BCUT2D eigenvalue weighted by Gasteiger charge is -2.46. The fourth-order valence-corrected chi connectivity index (χ4v) is 6.42. The minimum Gasteiger partial charge on any atom is -0.465 e. The molecule has 0 aromatic rings. The molecule has 0 heterocycles. The number of nitrogens with one attached hydrogen (secondary N) is 2. The largest absolute Gasteiger partial charge is 0.465 e. The maximum absolute atomic E-state index is 12.0. The Morgan fingerprint density at radius 3 is 2.00 bits per heavy atom. The molecule has 2 unspecified atom stereocenters. The molecule has 0 radical (unpaired) electrons. The average molecular weight is 729 g/mol. The van der Waals surface area contributed by atoms with Crippen molar-refractivity contribution in [2.45, 2.75) is 139 Å². The van der Waals surface area contributed by atoms with Gasteiger partial charge in [-0.15, -0.1) is 0 Å². The van der Waals surface area contributed by atoms with Gasteiger partial charge in [-0.05, 0) is 74.5 Å². The summed E-state index contributed by atoms with van der Waals surface area (Å²) in [7, 11) is 0. The van der Waals surface area contributed by atoms with Crippen LogP contribution in [0.4, 0.5) is 9.59 Å². The van der Waals surface area contributed by atoms with E-state index < -0.39 is 29.2 Å². The first-order chi connectivity index (χ1) is 23.3. The quantitative estimate of drug-likeness (QED) is 0.0474. The number of carbonyl (C=O) groups excluding carboxylic acids is 4. The van der Waals surface area contributed by atoms with Gasteiger partial charge >= 0.3 is 30.1 Å². The maximum atomic E-state index is 12.0. The van der Waals surface area contributed by atoms with Crippen molar-refractivity contribution in [2.75, 3.05) is 33.0 Å². The maximum Gasteiger partial charge on any atom is 0.407 e. The van der Waals surface area contributed by atoms with Gasteiger partial charge in [-0.1, -0.05) is 68.9 Å². The van der Waals surface area contributed by atoms with E-state index in [2.05, 4.69) is 58.8 Å². The number of aliphatic hydroxyl groups is 1. The predicted octanol–water partition coefficient (Wildman–Crippen LogP) is 6.80. The molecule has 1 fully saturated rings. The summed E-state index contributed by atoms with van der Waals surface area (Å²) in [5.74, 6) is -0.519. The third kappa shape index (κ3) is 20.9. The number of esters is 3. The van der Waals surface area contributed by atoms with E-state index in [1.165, 1.54) is 0 Å². The Bertz CT molecular complexity index is 1150. The first-order valence-electron chi connectivity index (χ1n) is 18.0. The van der Waals surface area contributed by atoms with Gasteiger partial charge in [-0.3, -0.25) is 9.59 Å². The van der Waals surface area contributed by atoms with E-state index in [1.807, 2.05) is 20.8 Å². The van der Waals surface area contributed by atoms with Gasteiger partial charge in [-0.2, -0.15) is 0 Å². The summed E-state index contributed by atoms with van der Waals surface area (Å²) in [5.41, 5.74) is -1.57. The molecule has 1 rings (SSSR count). The van der Waals surface area contributed by atoms with Crippen molar-refractivity contribution in [3.05, 3.63) is 12.7 Å². The highest BCUT2D eigenvalue weighted by molar-refractivity contribution is 5.81. The van der Waals surface area contributed by atoms with Crippen LogP contribution < -0.4 is 10.6 Å². The van der Waals surface area contributed by atoms with Crippen molar-refractivity contribution in [3.8, 4) is 0 Å². The molecule has 2 amide bonds. The van der Waals surface area contributed by atoms with E-state index in [0.717, 1.165) is 25.3 Å². The number of aliphatic hydroxyl groups excluding tert-OH is 1. The van der Waals surface area contributed by atoms with Crippen LogP contribution in [0.25, 0.3) is 0 Å². The monoisotopic (exact) mass is 728 g/mol. The summed E-state index contributed by atoms with van der Waals surface area (Å²) in [4.78, 5) is 57.4. The summed E-state index contributed by atoms with van der Waals surface area (Å²) < 4.78 is 20.6. The van der Waals surface area contributed by atoms with Crippen molar-refractivity contribution in [3.63, 3.8) is 0 Å². The third-order valence-corrected chi connectivity index (χ3v) is 9.15. The Balaban J connectivity index is 0.000000981. The van der Waals surface area contributed by atoms with Gasteiger partial charge < -0.3 is 39.8 Å². The van der Waals surface area contributed by atoms with E-state index in [9.17, 15) is 29.1 Å². The SMILES string of the molecule is C=CC(=O)OCCOC(=O)NC1CC(C)(C)CC(C)(CNC(=O)O)C1.CC(C)CC(C)(C)COC(=O)CCCCC(=O)OC(C)(C)C(C)(C)CO. The number of carboxylic acid groups (broad SMARTS) is 1. The number of ether oxygens (including phenoxy) is 4. The highest BCUT2D eigenvalue weighted by Gasteiger charge is 2.42. The van der Waals surface area contributed by atoms with Gasteiger partial charge in [0.15, 0.2) is 0 Å². The minimum absolute atomic E-state index is 0.0152. The molecule has 0 bridgehead atoms. The van der Waals surface area contributed by atoms with Crippen molar-refractivity contribution in [2.24, 2.45) is 27.6 Å². The van der Waals surface area contributed by atoms with E-state index >= 15 is 0 Å². The standard InChI is InChI=1S/C21H40O5.C17H28N2O6/c1-16(2)13-19(3,4)15-25-17(23)11-9-10-12-18(24)26-21(7,8)20(5,6)14-22;1-5-13(20)24-6-7-25-15(23)19-12-8-16(2,3)10-17(4,9-12)11-18-14(21)22/h16,22H,9-15H2,1-8H3;5,12,18H,1,6-11H2,2-4H3,(H,19,23)(H,21,22). The first kappa shape index (κ1) is 47.7. The van der Waals surface area contributed by atoms with Crippen LogP contribution in [0.3, 0.4) is 0 Å². The van der Waals surface area contributed by atoms with Crippen LogP contribution in [0.15, 0.2) is 12.7 Å². The molecule has 13 heteroatoms. The molecule has 13 nitrogen and oxygen atoms in total. The van der Waals surface area contributed by atoms with Gasteiger partial charge in [0, 0.05) is 36.9 Å². The number of hydrogen-bond donors (Lipinski definition) is 4. The lowest BCUT2D eigenvalue weighted by Crippen LogP contribution is -2.50. The van der Waals surface area contributed by atoms with Crippen LogP contribution in [0.5, 0.6) is 0 Å². The van der Waals surface area contributed by atoms with Crippen LogP contribution >= 0.6 is 0 Å². The second kappa shape index (κ2) is 21.2. The van der Waals surface area contributed by atoms with Gasteiger partial charge in [0.2, 0.25) is 0 Å². The molecule has 2 atom stereocenters. The zero-order valence-electron chi connectivity index (χ0n) is 33.2. The Morgan fingerprint density at radius 1 is 0.902 bits per heavy atom. The number of alkyl carbamates (subject to hydrolysis) is 1. The second-order valence-electron chi connectivity index (χ2n) is 17.2. The molecule has 0 spiro atoms. The van der Waals surface area contributed by atoms with Gasteiger partial charge in [0.05, 0.1) is 13.2 Å². The van der Waals surface area contributed by atoms with Crippen LogP contribution in [-0.4, -0.2) is 84.9 Å². The molecule has 296 valence electrons. The highest BCUT2D eigenvalue weighted by Crippen LogP contribution is 2.45. The van der Waals surface area contributed by atoms with Gasteiger partial charge in [0.1, 0.15) is 18.8 Å². The number of unbranched alkanes of at least 4 members (excludes halogenated alkanes) is 1. The third-order valence-electron chi connectivity index (χ3n) is 9.15. The minimum atomic E-state index is -1.05. The normalized spacial score (nSPS) is 18.7. The number of carbonyl (C=O) groups is 5. The highest BCUT2D eigenvalue weighted by atomic mass is 16.6. The summed E-state index contributed by atoms with van der Waals surface area (Å²) in [6.45, 7) is 25.9. The fraction of sp³-hybridized carbons (Fsp3) is 0.816. The summed E-state index contributed by atoms with van der Waals surface area (Å²) in [6, 6.07) is -0.118. The second-order valence-corrected chi connectivity index (χ2v) is 17.2. The molecular formula is C38H68N2O11. The lowest BCUT2D eigenvalue weighted by molar-refractivity contribution is -0.171. The zero-order chi connectivity index (χ0) is 39.7. The Hall–Kier alpha value is -3.35. The van der Waals surface area contributed by atoms with E-state index in [1.54, 1.807) is 13.8 Å². The molecule has 1 aliphatic rings. The number of rotatable bonds is 19. The van der Waals surface area contributed by atoms with Crippen molar-refractivity contribution >= 4 is 30.1 Å². The summed E-state index contributed by atoms with van der Waals surface area (Å²) >= 11 is 0. The molecule has 0 aromatic heterocycles. The average Bonchev–Trinajstić information content (AvgIpc) is 2.97. The predicted molar refractivity (Wildman–Crippen MR) is 195 cm³/mol. The van der Waals surface area contributed by atoms with Crippen LogP contribution in [0.1, 0.15) is 128 Å². The topological polar surface area (TPSA) is 187 Å². The fourth-order valence-electron chi connectivity index (χ4n) is 6.42. The first-order valence-corrected chi connectivity index (χ1v) is 18.0. The van der Waals surface area contributed by atoms with Gasteiger partial charge in [0.25, 0.3) is 0 Å². The van der Waals surface area contributed by atoms with Gasteiger partial charge in [-0.25, -0.2) is 14.4 Å². The molecule has 4 N–H and O–H groups in total.